The van der Waals surface area contributed by atoms with Crippen molar-refractivity contribution in [1.29, 1.82) is 0 Å². The Morgan fingerprint density at radius 2 is 1.92 bits per heavy atom. The molecule has 1 aromatic rings. The van der Waals surface area contributed by atoms with E-state index in [1.807, 2.05) is 0 Å². The van der Waals surface area contributed by atoms with Gasteiger partial charge in [-0.2, -0.15) is 0 Å². The fourth-order valence-electron chi connectivity index (χ4n) is 2.67. The first-order valence-electron chi connectivity index (χ1n) is 8.11. The van der Waals surface area contributed by atoms with Gasteiger partial charge in [0.15, 0.2) is 0 Å². The molecule has 7 nitrogen and oxygen atoms in total. The van der Waals surface area contributed by atoms with Gasteiger partial charge in [-0.05, 0) is 50.3 Å². The molecule has 25 heavy (non-hydrogen) atoms. The van der Waals surface area contributed by atoms with Crippen LogP contribution in [0.25, 0.3) is 0 Å². The number of sulfonamides is 1. The molecule has 1 amide bonds. The predicted octanol–water partition coefficient (Wildman–Crippen LogP) is 1.30. The average Bonchev–Trinajstić information content (AvgIpc) is 3.33. The third-order valence-corrected chi connectivity index (χ3v) is 6.13. The number of aryl methyl sites for hydroxylation is 1. The summed E-state index contributed by atoms with van der Waals surface area (Å²) in [4.78, 5) is 12.7. The number of benzene rings is 1. The SMILES string of the molecule is Cc1ccc(NC(=O)C2(N)CCOCC2)cc1S(=O)(=O)NC1CC1.Cl. The van der Waals surface area contributed by atoms with Crippen LogP contribution in [0.5, 0.6) is 0 Å². The molecule has 140 valence electrons. The van der Waals surface area contributed by atoms with E-state index in [0.29, 0.717) is 37.3 Å². The van der Waals surface area contributed by atoms with Crippen molar-refractivity contribution in [3.05, 3.63) is 23.8 Å². The zero-order valence-corrected chi connectivity index (χ0v) is 15.7. The summed E-state index contributed by atoms with van der Waals surface area (Å²) >= 11 is 0. The maximum atomic E-state index is 12.5. The van der Waals surface area contributed by atoms with Crippen molar-refractivity contribution >= 4 is 34.0 Å². The average molecular weight is 390 g/mol. The molecule has 2 fully saturated rings. The lowest BCUT2D eigenvalue weighted by molar-refractivity contribution is -0.124. The van der Waals surface area contributed by atoms with Crippen LogP contribution < -0.4 is 15.8 Å². The molecule has 4 N–H and O–H groups in total. The Balaban J connectivity index is 0.00000225. The van der Waals surface area contributed by atoms with E-state index >= 15 is 0 Å². The van der Waals surface area contributed by atoms with Gasteiger partial charge in [-0.25, -0.2) is 13.1 Å². The minimum absolute atomic E-state index is 0. The number of amides is 1. The van der Waals surface area contributed by atoms with Crippen molar-refractivity contribution < 1.29 is 17.9 Å². The largest absolute Gasteiger partial charge is 0.381 e. The van der Waals surface area contributed by atoms with Crippen molar-refractivity contribution in [2.75, 3.05) is 18.5 Å². The molecular weight excluding hydrogens is 366 g/mol. The first kappa shape index (κ1) is 20.1. The minimum Gasteiger partial charge on any atom is -0.381 e. The highest BCUT2D eigenvalue weighted by Gasteiger charge is 2.36. The van der Waals surface area contributed by atoms with Crippen LogP contribution in [0.1, 0.15) is 31.2 Å². The standard InChI is InChI=1S/C16H23N3O4S.ClH/c1-11-2-3-13(10-14(11)24(21,22)19-12-4-5-12)18-15(20)16(17)6-8-23-9-7-16;/h2-3,10,12,19H,4-9,17H2,1H3,(H,18,20);1H. The Morgan fingerprint density at radius 1 is 1.28 bits per heavy atom. The summed E-state index contributed by atoms with van der Waals surface area (Å²) in [7, 11) is -3.58. The van der Waals surface area contributed by atoms with Crippen molar-refractivity contribution in [3.63, 3.8) is 0 Å². The van der Waals surface area contributed by atoms with Crippen LogP contribution in [0.2, 0.25) is 0 Å². The summed E-state index contributed by atoms with van der Waals surface area (Å²) in [5, 5.41) is 2.75. The van der Waals surface area contributed by atoms with Gasteiger partial charge in [-0.3, -0.25) is 4.79 Å². The van der Waals surface area contributed by atoms with E-state index in [1.54, 1.807) is 19.1 Å². The Labute approximate surface area is 154 Å². The van der Waals surface area contributed by atoms with E-state index in [4.69, 9.17) is 10.5 Å². The number of nitrogens with one attached hydrogen (secondary N) is 2. The molecule has 0 radical (unpaired) electrons. The van der Waals surface area contributed by atoms with E-state index in [0.717, 1.165) is 12.8 Å². The van der Waals surface area contributed by atoms with Crippen LogP contribution in [-0.4, -0.2) is 39.1 Å². The molecule has 1 saturated heterocycles. The van der Waals surface area contributed by atoms with Gasteiger partial charge < -0.3 is 15.8 Å². The zero-order chi connectivity index (χ0) is 17.4. The maximum Gasteiger partial charge on any atom is 0.244 e. The summed E-state index contributed by atoms with van der Waals surface area (Å²) in [6.45, 7) is 2.63. The van der Waals surface area contributed by atoms with Gasteiger partial charge in [0.2, 0.25) is 15.9 Å². The van der Waals surface area contributed by atoms with Crippen LogP contribution in [0.4, 0.5) is 5.69 Å². The van der Waals surface area contributed by atoms with Crippen LogP contribution in [0, 0.1) is 6.92 Å². The molecule has 1 aliphatic carbocycles. The smallest absolute Gasteiger partial charge is 0.244 e. The first-order chi connectivity index (χ1) is 11.3. The van der Waals surface area contributed by atoms with E-state index in [9.17, 15) is 13.2 Å². The Morgan fingerprint density at radius 3 is 2.52 bits per heavy atom. The van der Waals surface area contributed by atoms with Crippen LogP contribution in [-0.2, 0) is 19.6 Å². The molecule has 1 aromatic carbocycles. The van der Waals surface area contributed by atoms with Gasteiger partial charge in [0, 0.05) is 24.9 Å². The van der Waals surface area contributed by atoms with Gasteiger partial charge in [0.1, 0.15) is 5.54 Å². The number of hydrogen-bond acceptors (Lipinski definition) is 5. The zero-order valence-electron chi connectivity index (χ0n) is 14.1. The molecule has 2 aliphatic rings. The van der Waals surface area contributed by atoms with Gasteiger partial charge >= 0.3 is 0 Å². The predicted molar refractivity (Wildman–Crippen MR) is 97.4 cm³/mol. The lowest BCUT2D eigenvalue weighted by atomic mass is 9.90. The number of rotatable bonds is 5. The number of ether oxygens (including phenoxy) is 1. The highest BCUT2D eigenvalue weighted by atomic mass is 35.5. The summed E-state index contributed by atoms with van der Waals surface area (Å²) < 4.78 is 32.8. The minimum atomic E-state index is -3.58. The van der Waals surface area contributed by atoms with Crippen LogP contribution in [0.15, 0.2) is 23.1 Å². The summed E-state index contributed by atoms with van der Waals surface area (Å²) in [5.74, 6) is -0.312. The first-order valence-corrected chi connectivity index (χ1v) is 9.60. The number of hydrogen-bond donors (Lipinski definition) is 3. The number of anilines is 1. The van der Waals surface area contributed by atoms with Gasteiger partial charge in [-0.15, -0.1) is 12.4 Å². The molecule has 0 spiro atoms. The van der Waals surface area contributed by atoms with E-state index in [2.05, 4.69) is 10.0 Å². The molecule has 1 heterocycles. The molecule has 1 aliphatic heterocycles. The van der Waals surface area contributed by atoms with E-state index < -0.39 is 15.6 Å². The second kappa shape index (κ2) is 7.59. The van der Waals surface area contributed by atoms with Crippen LogP contribution in [0.3, 0.4) is 0 Å². The fraction of sp³-hybridized carbons (Fsp3) is 0.562. The van der Waals surface area contributed by atoms with E-state index in [1.165, 1.54) is 6.07 Å². The quantitative estimate of drug-likeness (QED) is 0.703. The normalized spacial score (nSPS) is 19.8. The number of carbonyl (C=O) groups excluding carboxylic acids is 1. The topological polar surface area (TPSA) is 111 Å². The molecule has 0 atom stereocenters. The summed E-state index contributed by atoms with van der Waals surface area (Å²) in [6, 6.07) is 4.89. The van der Waals surface area contributed by atoms with Gasteiger partial charge in [-0.1, -0.05) is 6.07 Å². The lowest BCUT2D eigenvalue weighted by Crippen LogP contribution is -2.54. The monoisotopic (exact) mass is 389 g/mol. The number of halogens is 1. The molecule has 9 heteroatoms. The number of nitrogens with two attached hydrogens (primary N) is 1. The Bertz CT molecular complexity index is 744. The summed E-state index contributed by atoms with van der Waals surface area (Å²) in [5.41, 5.74) is 6.24. The molecule has 1 saturated carbocycles. The van der Waals surface area contributed by atoms with Gasteiger partial charge in [0.05, 0.1) is 4.90 Å². The third kappa shape index (κ3) is 4.71. The highest BCUT2D eigenvalue weighted by molar-refractivity contribution is 7.89. The van der Waals surface area contributed by atoms with Crippen molar-refractivity contribution in [2.24, 2.45) is 5.73 Å². The summed E-state index contributed by atoms with van der Waals surface area (Å²) in [6.07, 6.45) is 2.62. The highest BCUT2D eigenvalue weighted by Crippen LogP contribution is 2.26. The van der Waals surface area contributed by atoms with Gasteiger partial charge in [0.25, 0.3) is 0 Å². The molecule has 0 bridgehead atoms. The number of carbonyl (C=O) groups is 1. The molecule has 0 unspecified atom stereocenters. The van der Waals surface area contributed by atoms with Crippen molar-refractivity contribution in [1.82, 2.24) is 4.72 Å². The van der Waals surface area contributed by atoms with E-state index in [-0.39, 0.29) is 29.3 Å². The Kier molecular flexibility index (Phi) is 6.11. The second-order valence-corrected chi connectivity index (χ2v) is 8.28. The molecule has 0 aromatic heterocycles. The maximum absolute atomic E-state index is 12.5. The Hall–Kier alpha value is -1.19. The second-order valence-electron chi connectivity index (χ2n) is 6.60. The van der Waals surface area contributed by atoms with Crippen LogP contribution >= 0.6 is 12.4 Å². The lowest BCUT2D eigenvalue weighted by Gasteiger charge is -2.31. The molecular formula is C16H24ClN3O4S. The van der Waals surface area contributed by atoms with Crippen molar-refractivity contribution in [3.8, 4) is 0 Å². The molecule has 3 rings (SSSR count). The van der Waals surface area contributed by atoms with Crippen molar-refractivity contribution in [2.45, 2.75) is 49.1 Å². The third-order valence-electron chi connectivity index (χ3n) is 4.47. The fourth-order valence-corrected chi connectivity index (χ4v) is 4.25.